The standard InChI is InChI=1S/C14H18N2O2S/c1-10-9-19-14(16-10)5-6-15-8-11-3-4-12(18-2)7-13(11)17/h3-4,7,9,15,17H,5-6,8H2,1-2H3. The molecule has 0 aliphatic heterocycles. The van der Waals surface area contributed by atoms with Crippen molar-refractivity contribution in [2.45, 2.75) is 19.9 Å². The van der Waals surface area contributed by atoms with Gasteiger partial charge in [0.15, 0.2) is 0 Å². The summed E-state index contributed by atoms with van der Waals surface area (Å²) >= 11 is 1.69. The molecule has 0 amide bonds. The number of benzene rings is 1. The topological polar surface area (TPSA) is 54.4 Å². The van der Waals surface area contributed by atoms with E-state index < -0.39 is 0 Å². The number of phenols is 1. The molecule has 1 aromatic carbocycles. The van der Waals surface area contributed by atoms with E-state index in [0.717, 1.165) is 29.2 Å². The molecule has 0 radical (unpaired) electrons. The molecule has 2 rings (SSSR count). The Labute approximate surface area is 117 Å². The molecule has 0 saturated carbocycles. The SMILES string of the molecule is COc1ccc(CNCCc2nc(C)cs2)c(O)c1. The molecule has 0 fully saturated rings. The second-order valence-electron chi connectivity index (χ2n) is 4.30. The summed E-state index contributed by atoms with van der Waals surface area (Å²) in [7, 11) is 1.59. The van der Waals surface area contributed by atoms with Gasteiger partial charge in [-0.2, -0.15) is 0 Å². The van der Waals surface area contributed by atoms with Crippen molar-refractivity contribution < 1.29 is 9.84 Å². The molecule has 1 aromatic heterocycles. The summed E-state index contributed by atoms with van der Waals surface area (Å²) in [5, 5.41) is 16.3. The van der Waals surface area contributed by atoms with Gasteiger partial charge in [0.25, 0.3) is 0 Å². The number of thiazole rings is 1. The lowest BCUT2D eigenvalue weighted by atomic mass is 10.2. The number of ether oxygens (including phenoxy) is 1. The largest absolute Gasteiger partial charge is 0.507 e. The van der Waals surface area contributed by atoms with Crippen LogP contribution >= 0.6 is 11.3 Å². The summed E-state index contributed by atoms with van der Waals surface area (Å²) in [6, 6.07) is 5.34. The van der Waals surface area contributed by atoms with Gasteiger partial charge in [0.2, 0.25) is 0 Å². The molecule has 5 heteroatoms. The van der Waals surface area contributed by atoms with Crippen molar-refractivity contribution in [3.63, 3.8) is 0 Å². The highest BCUT2D eigenvalue weighted by atomic mass is 32.1. The van der Waals surface area contributed by atoms with Crippen molar-refractivity contribution >= 4 is 11.3 Å². The van der Waals surface area contributed by atoms with Crippen LogP contribution in [0.25, 0.3) is 0 Å². The quantitative estimate of drug-likeness (QED) is 0.797. The zero-order valence-electron chi connectivity index (χ0n) is 11.1. The van der Waals surface area contributed by atoms with E-state index in [1.165, 1.54) is 0 Å². The molecule has 0 unspecified atom stereocenters. The van der Waals surface area contributed by atoms with E-state index in [0.29, 0.717) is 12.3 Å². The number of nitrogens with zero attached hydrogens (tertiary/aromatic N) is 1. The van der Waals surface area contributed by atoms with E-state index in [4.69, 9.17) is 4.74 Å². The van der Waals surface area contributed by atoms with Crippen LogP contribution in [-0.2, 0) is 13.0 Å². The predicted octanol–water partition coefficient (Wildman–Crippen LogP) is 2.50. The lowest BCUT2D eigenvalue weighted by Gasteiger charge is -2.07. The van der Waals surface area contributed by atoms with Crippen LogP contribution in [0, 0.1) is 6.92 Å². The Bertz CT molecular complexity index is 540. The first-order chi connectivity index (χ1) is 9.19. The third-order valence-corrected chi connectivity index (χ3v) is 3.82. The fourth-order valence-corrected chi connectivity index (χ4v) is 2.53. The summed E-state index contributed by atoms with van der Waals surface area (Å²) in [6.07, 6.45) is 0.912. The van der Waals surface area contributed by atoms with Crippen LogP contribution in [0.2, 0.25) is 0 Å². The Morgan fingerprint density at radius 2 is 2.26 bits per heavy atom. The number of rotatable bonds is 6. The van der Waals surface area contributed by atoms with Crippen LogP contribution in [0.15, 0.2) is 23.6 Å². The fraction of sp³-hybridized carbons (Fsp3) is 0.357. The van der Waals surface area contributed by atoms with Gasteiger partial charge in [-0.25, -0.2) is 4.98 Å². The van der Waals surface area contributed by atoms with Crippen molar-refractivity contribution in [2.24, 2.45) is 0 Å². The molecule has 0 bridgehead atoms. The smallest absolute Gasteiger partial charge is 0.123 e. The summed E-state index contributed by atoms with van der Waals surface area (Å²) in [4.78, 5) is 4.41. The summed E-state index contributed by atoms with van der Waals surface area (Å²) in [6.45, 7) is 3.49. The summed E-state index contributed by atoms with van der Waals surface area (Å²) in [5.41, 5.74) is 1.95. The minimum Gasteiger partial charge on any atom is -0.507 e. The second kappa shape index (κ2) is 6.54. The maximum atomic E-state index is 9.81. The summed E-state index contributed by atoms with van der Waals surface area (Å²) in [5.74, 6) is 0.927. The van der Waals surface area contributed by atoms with Crippen molar-refractivity contribution in [3.8, 4) is 11.5 Å². The number of nitrogens with one attached hydrogen (secondary N) is 1. The lowest BCUT2D eigenvalue weighted by Crippen LogP contribution is -2.16. The molecule has 2 N–H and O–H groups in total. The van der Waals surface area contributed by atoms with E-state index in [9.17, 15) is 5.11 Å². The van der Waals surface area contributed by atoms with Gasteiger partial charge in [-0.15, -0.1) is 11.3 Å². The van der Waals surface area contributed by atoms with E-state index in [-0.39, 0.29) is 5.75 Å². The highest BCUT2D eigenvalue weighted by Crippen LogP contribution is 2.23. The molecule has 4 nitrogen and oxygen atoms in total. The molecule has 102 valence electrons. The molecule has 0 saturated heterocycles. The minimum absolute atomic E-state index is 0.261. The van der Waals surface area contributed by atoms with Crippen molar-refractivity contribution in [1.29, 1.82) is 0 Å². The van der Waals surface area contributed by atoms with Crippen LogP contribution in [0.3, 0.4) is 0 Å². The van der Waals surface area contributed by atoms with Gasteiger partial charge >= 0.3 is 0 Å². The van der Waals surface area contributed by atoms with Gasteiger partial charge in [0.1, 0.15) is 11.5 Å². The number of aromatic hydroxyl groups is 1. The molecular weight excluding hydrogens is 260 g/mol. The Balaban J connectivity index is 1.79. The number of hydrogen-bond acceptors (Lipinski definition) is 5. The highest BCUT2D eigenvalue weighted by Gasteiger charge is 2.03. The number of methoxy groups -OCH3 is 1. The van der Waals surface area contributed by atoms with Crippen LogP contribution in [-0.4, -0.2) is 23.7 Å². The zero-order valence-corrected chi connectivity index (χ0v) is 12.0. The summed E-state index contributed by atoms with van der Waals surface area (Å²) < 4.78 is 5.05. The molecule has 0 aliphatic carbocycles. The highest BCUT2D eigenvalue weighted by molar-refractivity contribution is 7.09. The first kappa shape index (κ1) is 13.8. The van der Waals surface area contributed by atoms with Gasteiger partial charge in [-0.05, 0) is 13.0 Å². The average molecular weight is 278 g/mol. The van der Waals surface area contributed by atoms with Crippen LogP contribution in [0.4, 0.5) is 0 Å². The number of aromatic nitrogens is 1. The first-order valence-corrected chi connectivity index (χ1v) is 7.04. The fourth-order valence-electron chi connectivity index (χ4n) is 1.76. The predicted molar refractivity (Wildman–Crippen MR) is 76.9 cm³/mol. The number of aryl methyl sites for hydroxylation is 1. The molecule has 0 atom stereocenters. The number of hydrogen-bond donors (Lipinski definition) is 2. The maximum absolute atomic E-state index is 9.81. The van der Waals surface area contributed by atoms with Crippen molar-refractivity contribution in [3.05, 3.63) is 39.8 Å². The van der Waals surface area contributed by atoms with Gasteiger partial charge < -0.3 is 15.2 Å². The average Bonchev–Trinajstić information content (AvgIpc) is 2.82. The van der Waals surface area contributed by atoms with E-state index in [1.807, 2.05) is 19.1 Å². The molecule has 19 heavy (non-hydrogen) atoms. The van der Waals surface area contributed by atoms with E-state index in [2.05, 4.69) is 15.7 Å². The van der Waals surface area contributed by atoms with Crippen molar-refractivity contribution in [2.75, 3.05) is 13.7 Å². The minimum atomic E-state index is 0.261. The Morgan fingerprint density at radius 1 is 1.42 bits per heavy atom. The lowest BCUT2D eigenvalue weighted by molar-refractivity contribution is 0.406. The maximum Gasteiger partial charge on any atom is 0.123 e. The van der Waals surface area contributed by atoms with Crippen molar-refractivity contribution in [1.82, 2.24) is 10.3 Å². The first-order valence-electron chi connectivity index (χ1n) is 6.16. The Kier molecular flexibility index (Phi) is 4.76. The normalized spacial score (nSPS) is 10.6. The van der Waals surface area contributed by atoms with Gasteiger partial charge in [-0.3, -0.25) is 0 Å². The van der Waals surface area contributed by atoms with E-state index >= 15 is 0 Å². The molecule has 0 aliphatic rings. The molecule has 0 spiro atoms. The van der Waals surface area contributed by atoms with Crippen LogP contribution in [0.5, 0.6) is 11.5 Å². The van der Waals surface area contributed by atoms with Gasteiger partial charge in [0.05, 0.1) is 12.1 Å². The Hall–Kier alpha value is -1.59. The molecule has 1 heterocycles. The van der Waals surface area contributed by atoms with Gasteiger partial charge in [0, 0.05) is 42.2 Å². The Morgan fingerprint density at radius 3 is 2.89 bits per heavy atom. The second-order valence-corrected chi connectivity index (χ2v) is 5.25. The van der Waals surface area contributed by atoms with Crippen LogP contribution < -0.4 is 10.1 Å². The van der Waals surface area contributed by atoms with Gasteiger partial charge in [-0.1, -0.05) is 6.07 Å². The third-order valence-electron chi connectivity index (χ3n) is 2.79. The molecular formula is C14H18N2O2S. The van der Waals surface area contributed by atoms with E-state index in [1.54, 1.807) is 24.5 Å². The van der Waals surface area contributed by atoms with Crippen LogP contribution in [0.1, 0.15) is 16.3 Å². The molecule has 2 aromatic rings. The number of phenolic OH excluding ortho intramolecular Hbond substituents is 1. The monoisotopic (exact) mass is 278 g/mol. The third kappa shape index (κ3) is 3.94. The zero-order chi connectivity index (χ0) is 13.7.